The van der Waals surface area contributed by atoms with Crippen LogP contribution in [0.2, 0.25) is 0 Å². The summed E-state index contributed by atoms with van der Waals surface area (Å²) in [6.07, 6.45) is 1.39. The number of benzene rings is 1. The van der Waals surface area contributed by atoms with Gasteiger partial charge in [-0.25, -0.2) is 4.39 Å². The summed E-state index contributed by atoms with van der Waals surface area (Å²) in [6, 6.07) is 4.40. The van der Waals surface area contributed by atoms with Crippen LogP contribution in [0.25, 0.3) is 0 Å². The normalized spacial score (nSPS) is 26.7. The Kier molecular flexibility index (Phi) is 3.58. The van der Waals surface area contributed by atoms with Gasteiger partial charge in [-0.2, -0.15) is 0 Å². The molecule has 0 radical (unpaired) electrons. The molecule has 0 fully saturated rings. The maximum absolute atomic E-state index is 13.3. The van der Waals surface area contributed by atoms with Gasteiger partial charge in [-0.15, -0.1) is 0 Å². The van der Waals surface area contributed by atoms with Gasteiger partial charge in [-0.05, 0) is 26.8 Å². The molecule has 1 aliphatic rings. The molecule has 0 amide bonds. The second-order valence-corrected chi connectivity index (χ2v) is 6.19. The zero-order valence-electron chi connectivity index (χ0n) is 12.0. The molecule has 0 saturated heterocycles. The van der Waals surface area contributed by atoms with Crippen LogP contribution in [0.5, 0.6) is 5.75 Å². The van der Waals surface area contributed by atoms with Gasteiger partial charge in [0, 0.05) is 37.6 Å². The van der Waals surface area contributed by atoms with E-state index in [2.05, 4.69) is 0 Å². The molecule has 0 saturated carbocycles. The Morgan fingerprint density at radius 3 is 2.84 bits per heavy atom. The second-order valence-electron chi connectivity index (χ2n) is 6.19. The van der Waals surface area contributed by atoms with Crippen molar-refractivity contribution in [2.45, 2.75) is 50.9 Å². The molecule has 1 aliphatic heterocycles. The minimum absolute atomic E-state index is 0.137. The molecule has 2 N–H and O–H groups in total. The number of rotatable bonds is 3. The predicted octanol–water partition coefficient (Wildman–Crippen LogP) is 3.18. The lowest BCUT2D eigenvalue weighted by Gasteiger charge is -2.42. The number of nitrogens with two attached hydrogens (primary N) is 1. The molecule has 0 aromatic heterocycles. The monoisotopic (exact) mass is 267 g/mol. The molecule has 19 heavy (non-hydrogen) atoms. The molecule has 0 aliphatic carbocycles. The Bertz CT molecular complexity index is 475. The molecule has 106 valence electrons. The Labute approximate surface area is 113 Å². The fourth-order valence-electron chi connectivity index (χ4n) is 2.87. The fourth-order valence-corrected chi connectivity index (χ4v) is 2.87. The van der Waals surface area contributed by atoms with Crippen LogP contribution >= 0.6 is 0 Å². The van der Waals surface area contributed by atoms with Crippen LogP contribution < -0.4 is 10.5 Å². The zero-order valence-corrected chi connectivity index (χ0v) is 12.0. The van der Waals surface area contributed by atoms with Gasteiger partial charge < -0.3 is 15.2 Å². The molecule has 1 aromatic rings. The maximum Gasteiger partial charge on any atom is 0.127 e. The summed E-state index contributed by atoms with van der Waals surface area (Å²) in [5, 5.41) is 0. The number of hydrogen-bond acceptors (Lipinski definition) is 3. The first-order chi connectivity index (χ1) is 8.75. The number of ether oxygens (including phenoxy) is 2. The van der Waals surface area contributed by atoms with E-state index >= 15 is 0 Å². The van der Waals surface area contributed by atoms with Crippen LogP contribution in [-0.4, -0.2) is 18.3 Å². The maximum atomic E-state index is 13.3. The van der Waals surface area contributed by atoms with Crippen molar-refractivity contribution in [3.63, 3.8) is 0 Å². The lowest BCUT2D eigenvalue weighted by molar-refractivity contribution is -0.0581. The highest BCUT2D eigenvalue weighted by molar-refractivity contribution is 5.39. The first-order valence-corrected chi connectivity index (χ1v) is 6.54. The number of fused-ring (bicyclic) bond motifs is 1. The quantitative estimate of drug-likeness (QED) is 0.914. The molecule has 1 unspecified atom stereocenters. The van der Waals surface area contributed by atoms with Crippen molar-refractivity contribution in [1.82, 2.24) is 0 Å². The largest absolute Gasteiger partial charge is 0.487 e. The first-order valence-electron chi connectivity index (χ1n) is 6.54. The lowest BCUT2D eigenvalue weighted by Crippen LogP contribution is -2.46. The fraction of sp³-hybridized carbons (Fsp3) is 0.600. The third-order valence-electron chi connectivity index (χ3n) is 3.74. The minimum Gasteiger partial charge on any atom is -0.487 e. The molecular formula is C15H22FNO2. The first kappa shape index (κ1) is 14.3. The number of methoxy groups -OCH3 is 1. The third kappa shape index (κ3) is 3.07. The summed E-state index contributed by atoms with van der Waals surface area (Å²) in [5.41, 5.74) is 6.31. The summed E-state index contributed by atoms with van der Waals surface area (Å²) in [5.74, 6) is 0.245. The smallest absolute Gasteiger partial charge is 0.127 e. The van der Waals surface area contributed by atoms with E-state index in [4.69, 9.17) is 15.2 Å². The van der Waals surface area contributed by atoms with E-state index in [1.807, 2.05) is 20.8 Å². The van der Waals surface area contributed by atoms with E-state index in [0.717, 1.165) is 5.56 Å². The third-order valence-corrected chi connectivity index (χ3v) is 3.74. The van der Waals surface area contributed by atoms with E-state index in [-0.39, 0.29) is 17.5 Å². The van der Waals surface area contributed by atoms with E-state index in [1.165, 1.54) is 12.1 Å². The van der Waals surface area contributed by atoms with Crippen molar-refractivity contribution in [3.8, 4) is 5.75 Å². The highest BCUT2D eigenvalue weighted by Gasteiger charge is 2.40. The Morgan fingerprint density at radius 2 is 2.21 bits per heavy atom. The summed E-state index contributed by atoms with van der Waals surface area (Å²) in [7, 11) is 1.68. The van der Waals surface area contributed by atoms with Crippen molar-refractivity contribution in [1.29, 1.82) is 0 Å². The highest BCUT2D eigenvalue weighted by atomic mass is 19.1. The summed E-state index contributed by atoms with van der Waals surface area (Å²) < 4.78 is 24.8. The average molecular weight is 267 g/mol. The van der Waals surface area contributed by atoms with Crippen molar-refractivity contribution in [2.75, 3.05) is 7.11 Å². The van der Waals surface area contributed by atoms with Crippen LogP contribution in [0.3, 0.4) is 0 Å². The van der Waals surface area contributed by atoms with Gasteiger partial charge >= 0.3 is 0 Å². The predicted molar refractivity (Wildman–Crippen MR) is 72.7 cm³/mol. The lowest BCUT2D eigenvalue weighted by atomic mass is 9.82. The van der Waals surface area contributed by atoms with Gasteiger partial charge in [0.2, 0.25) is 0 Å². The van der Waals surface area contributed by atoms with Gasteiger partial charge in [0.1, 0.15) is 17.2 Å². The topological polar surface area (TPSA) is 44.5 Å². The molecule has 4 heteroatoms. The SMILES string of the molecule is COC(C)(C)CC1(C)C[C@@H](N)c2ccc(F)cc2O1. The van der Waals surface area contributed by atoms with Crippen molar-refractivity contribution < 1.29 is 13.9 Å². The Balaban J connectivity index is 2.28. The van der Waals surface area contributed by atoms with Gasteiger partial charge in [0.15, 0.2) is 0 Å². The Morgan fingerprint density at radius 1 is 1.53 bits per heavy atom. The van der Waals surface area contributed by atoms with Gasteiger partial charge in [0.05, 0.1) is 5.60 Å². The van der Waals surface area contributed by atoms with Crippen LogP contribution in [0.4, 0.5) is 4.39 Å². The van der Waals surface area contributed by atoms with E-state index in [1.54, 1.807) is 13.2 Å². The van der Waals surface area contributed by atoms with Crippen molar-refractivity contribution in [3.05, 3.63) is 29.6 Å². The van der Waals surface area contributed by atoms with Crippen LogP contribution in [0.1, 0.15) is 45.2 Å². The zero-order chi connectivity index (χ0) is 14.3. The molecule has 2 rings (SSSR count). The number of halogens is 1. The van der Waals surface area contributed by atoms with Crippen molar-refractivity contribution >= 4 is 0 Å². The molecule has 1 heterocycles. The molecule has 3 nitrogen and oxygen atoms in total. The van der Waals surface area contributed by atoms with Crippen LogP contribution in [-0.2, 0) is 4.74 Å². The molecule has 1 aromatic carbocycles. The second kappa shape index (κ2) is 4.76. The van der Waals surface area contributed by atoms with Crippen LogP contribution in [0, 0.1) is 5.82 Å². The summed E-state index contributed by atoms with van der Waals surface area (Å²) in [4.78, 5) is 0. The van der Waals surface area contributed by atoms with E-state index < -0.39 is 5.60 Å². The highest BCUT2D eigenvalue weighted by Crippen LogP contribution is 2.42. The summed E-state index contributed by atoms with van der Waals surface area (Å²) in [6.45, 7) is 6.02. The molecule has 2 atom stereocenters. The number of hydrogen-bond donors (Lipinski definition) is 1. The van der Waals surface area contributed by atoms with Crippen molar-refractivity contribution in [2.24, 2.45) is 5.73 Å². The molecular weight excluding hydrogens is 245 g/mol. The summed E-state index contributed by atoms with van der Waals surface area (Å²) >= 11 is 0. The van der Waals surface area contributed by atoms with E-state index in [0.29, 0.717) is 18.6 Å². The Hall–Kier alpha value is -1.13. The standard InChI is InChI=1S/C15H22FNO2/c1-14(2,18-4)9-15(3)8-12(17)11-6-5-10(16)7-13(11)19-15/h5-7,12H,8-9,17H2,1-4H3/t12-,15?/m1/s1. The molecule has 0 bridgehead atoms. The van der Waals surface area contributed by atoms with Crippen LogP contribution in [0.15, 0.2) is 18.2 Å². The molecule has 0 spiro atoms. The van der Waals surface area contributed by atoms with Gasteiger partial charge in [-0.3, -0.25) is 0 Å². The van der Waals surface area contributed by atoms with Gasteiger partial charge in [0.25, 0.3) is 0 Å². The van der Waals surface area contributed by atoms with E-state index in [9.17, 15) is 4.39 Å². The average Bonchev–Trinajstić information content (AvgIpc) is 2.26. The van der Waals surface area contributed by atoms with Gasteiger partial charge in [-0.1, -0.05) is 6.07 Å². The minimum atomic E-state index is -0.445.